The first-order valence-electron chi connectivity index (χ1n) is 9.30. The number of aromatic nitrogens is 4. The van der Waals surface area contributed by atoms with Gasteiger partial charge in [-0.15, -0.1) is 0 Å². The molecule has 6 heteroatoms. The van der Waals surface area contributed by atoms with Crippen LogP contribution in [0.15, 0.2) is 73.1 Å². The van der Waals surface area contributed by atoms with E-state index in [1.807, 2.05) is 49.5 Å². The molecule has 0 saturated carbocycles. The van der Waals surface area contributed by atoms with E-state index in [-0.39, 0.29) is 0 Å². The molecule has 5 aromatic rings. The molecule has 0 atom stereocenters. The number of anilines is 2. The van der Waals surface area contributed by atoms with Crippen LogP contribution in [0.5, 0.6) is 5.75 Å². The molecule has 2 aromatic carbocycles. The summed E-state index contributed by atoms with van der Waals surface area (Å²) >= 11 is 0. The summed E-state index contributed by atoms with van der Waals surface area (Å²) in [5.74, 6) is 3.05. The van der Waals surface area contributed by atoms with Crippen LogP contribution in [0.3, 0.4) is 0 Å². The molecule has 0 aliphatic carbocycles. The highest BCUT2D eigenvalue weighted by atomic mass is 16.5. The van der Waals surface area contributed by atoms with Crippen molar-refractivity contribution in [2.24, 2.45) is 7.05 Å². The number of benzene rings is 2. The van der Waals surface area contributed by atoms with E-state index in [1.54, 1.807) is 19.5 Å². The van der Waals surface area contributed by atoms with Gasteiger partial charge >= 0.3 is 0 Å². The number of methoxy groups -OCH3 is 1. The van der Waals surface area contributed by atoms with Crippen molar-refractivity contribution >= 4 is 33.4 Å². The van der Waals surface area contributed by atoms with Gasteiger partial charge in [0.25, 0.3) is 0 Å². The fourth-order valence-electron chi connectivity index (χ4n) is 3.48. The Morgan fingerprint density at radius 3 is 2.66 bits per heavy atom. The summed E-state index contributed by atoms with van der Waals surface area (Å²) in [5.41, 5.74) is 2.85. The number of nitrogens with zero attached hydrogens (tertiary/aromatic N) is 4. The maximum atomic E-state index is 5.42. The molecule has 0 unspecified atom stereocenters. The lowest BCUT2D eigenvalue weighted by molar-refractivity contribution is 0.415. The highest BCUT2D eigenvalue weighted by Gasteiger charge is 2.13. The minimum Gasteiger partial charge on any atom is -0.497 e. The molecular weight excluding hydrogens is 362 g/mol. The van der Waals surface area contributed by atoms with Gasteiger partial charge in [0.1, 0.15) is 17.4 Å². The van der Waals surface area contributed by atoms with Crippen LogP contribution in [0.2, 0.25) is 0 Å². The average Bonchev–Trinajstić information content (AvgIpc) is 3.09. The summed E-state index contributed by atoms with van der Waals surface area (Å²) in [7, 11) is 3.69. The molecular formula is C23H19N5O. The Bertz CT molecular complexity index is 1330. The fourth-order valence-corrected chi connectivity index (χ4v) is 3.48. The van der Waals surface area contributed by atoms with E-state index in [0.717, 1.165) is 39.4 Å². The van der Waals surface area contributed by atoms with Crippen LogP contribution in [0.4, 0.5) is 11.6 Å². The van der Waals surface area contributed by atoms with E-state index < -0.39 is 0 Å². The molecule has 0 aliphatic rings. The smallest absolute Gasteiger partial charge is 0.163 e. The molecule has 3 aromatic heterocycles. The fraction of sp³-hybridized carbons (Fsp3) is 0.0870. The zero-order chi connectivity index (χ0) is 19.8. The number of ether oxygens (including phenoxy) is 1. The average molecular weight is 381 g/mol. The Balaban J connectivity index is 1.70. The number of pyridine rings is 1. The van der Waals surface area contributed by atoms with Gasteiger partial charge in [-0.05, 0) is 42.5 Å². The molecule has 0 fully saturated rings. The third-order valence-corrected chi connectivity index (χ3v) is 5.02. The maximum Gasteiger partial charge on any atom is 0.163 e. The van der Waals surface area contributed by atoms with Crippen LogP contribution < -0.4 is 10.1 Å². The van der Waals surface area contributed by atoms with Crippen LogP contribution in [0.25, 0.3) is 33.2 Å². The zero-order valence-electron chi connectivity index (χ0n) is 16.1. The topological polar surface area (TPSA) is 64.9 Å². The van der Waals surface area contributed by atoms with Crippen molar-refractivity contribution in [2.45, 2.75) is 0 Å². The van der Waals surface area contributed by atoms with Crippen LogP contribution >= 0.6 is 0 Å². The number of hydrogen-bond acceptors (Lipinski definition) is 5. The summed E-state index contributed by atoms with van der Waals surface area (Å²) < 4.78 is 7.53. The standard InChI is InChI=1S/C23H19N5O/c1-28-20-8-4-3-6-15(20)12-21(28)26-23-18-13-17(29-2)9-10-19(18)25-22(27-23)16-7-5-11-24-14-16/h3-14H,1-2H3,(H,25,26,27). The molecule has 3 heterocycles. The molecule has 6 nitrogen and oxygen atoms in total. The number of nitrogens with one attached hydrogen (secondary N) is 1. The van der Waals surface area contributed by atoms with Gasteiger partial charge in [0.05, 0.1) is 12.6 Å². The largest absolute Gasteiger partial charge is 0.497 e. The first-order valence-corrected chi connectivity index (χ1v) is 9.30. The van der Waals surface area contributed by atoms with Crippen molar-refractivity contribution in [3.05, 3.63) is 73.1 Å². The van der Waals surface area contributed by atoms with E-state index in [4.69, 9.17) is 14.7 Å². The predicted molar refractivity (Wildman–Crippen MR) is 116 cm³/mol. The molecule has 0 amide bonds. The maximum absolute atomic E-state index is 5.42. The summed E-state index contributed by atoms with van der Waals surface area (Å²) in [6, 6.07) is 20.0. The number of fused-ring (bicyclic) bond motifs is 2. The second-order valence-corrected chi connectivity index (χ2v) is 6.79. The molecule has 0 radical (unpaired) electrons. The third-order valence-electron chi connectivity index (χ3n) is 5.02. The summed E-state index contributed by atoms with van der Waals surface area (Å²) in [6.07, 6.45) is 3.51. The molecule has 0 saturated heterocycles. The van der Waals surface area contributed by atoms with E-state index in [0.29, 0.717) is 5.82 Å². The molecule has 142 valence electrons. The van der Waals surface area contributed by atoms with Crippen LogP contribution in [0, 0.1) is 0 Å². The molecule has 1 N–H and O–H groups in total. The molecule has 0 spiro atoms. The Morgan fingerprint density at radius 1 is 0.966 bits per heavy atom. The predicted octanol–water partition coefficient (Wildman–Crippen LogP) is 4.94. The quantitative estimate of drug-likeness (QED) is 0.478. The van der Waals surface area contributed by atoms with Gasteiger partial charge in [-0.3, -0.25) is 4.98 Å². The van der Waals surface area contributed by atoms with Crippen molar-refractivity contribution in [2.75, 3.05) is 12.4 Å². The summed E-state index contributed by atoms with van der Waals surface area (Å²) in [4.78, 5) is 13.8. The number of rotatable bonds is 4. The van der Waals surface area contributed by atoms with E-state index >= 15 is 0 Å². The monoisotopic (exact) mass is 381 g/mol. The lowest BCUT2D eigenvalue weighted by atomic mass is 10.2. The summed E-state index contributed by atoms with van der Waals surface area (Å²) in [6.45, 7) is 0. The minimum absolute atomic E-state index is 0.622. The van der Waals surface area contributed by atoms with Crippen molar-refractivity contribution in [3.8, 4) is 17.1 Å². The van der Waals surface area contributed by atoms with Gasteiger partial charge in [0.2, 0.25) is 0 Å². The Hall–Kier alpha value is -3.93. The van der Waals surface area contributed by atoms with Crippen molar-refractivity contribution in [1.82, 2.24) is 19.5 Å². The van der Waals surface area contributed by atoms with Crippen LogP contribution in [-0.4, -0.2) is 26.6 Å². The highest BCUT2D eigenvalue weighted by molar-refractivity contribution is 5.94. The second kappa shape index (κ2) is 6.91. The minimum atomic E-state index is 0.622. The number of aryl methyl sites for hydroxylation is 1. The first kappa shape index (κ1) is 17.2. The molecule has 0 bridgehead atoms. The third kappa shape index (κ3) is 3.04. The van der Waals surface area contributed by atoms with Gasteiger partial charge in [-0.25, -0.2) is 9.97 Å². The molecule has 29 heavy (non-hydrogen) atoms. The zero-order valence-corrected chi connectivity index (χ0v) is 16.1. The normalized spacial score (nSPS) is 11.1. The molecule has 0 aliphatic heterocycles. The van der Waals surface area contributed by atoms with Crippen LogP contribution in [0.1, 0.15) is 0 Å². The first-order chi connectivity index (χ1) is 14.2. The van der Waals surface area contributed by atoms with Gasteiger partial charge in [-0.2, -0.15) is 0 Å². The van der Waals surface area contributed by atoms with Gasteiger partial charge in [-0.1, -0.05) is 18.2 Å². The number of hydrogen-bond donors (Lipinski definition) is 1. The Morgan fingerprint density at radius 2 is 1.86 bits per heavy atom. The number of para-hydroxylation sites is 1. The van der Waals surface area contributed by atoms with Crippen molar-refractivity contribution in [1.29, 1.82) is 0 Å². The Kier molecular flexibility index (Phi) is 4.09. The lowest BCUT2D eigenvalue weighted by Crippen LogP contribution is -2.03. The van der Waals surface area contributed by atoms with Gasteiger partial charge in [0.15, 0.2) is 5.82 Å². The van der Waals surface area contributed by atoms with E-state index in [1.165, 1.54) is 5.39 Å². The van der Waals surface area contributed by atoms with Crippen LogP contribution in [-0.2, 0) is 7.05 Å². The molecule has 5 rings (SSSR count). The SMILES string of the molecule is COc1ccc2nc(-c3cccnc3)nc(Nc3cc4ccccc4n3C)c2c1. The second-order valence-electron chi connectivity index (χ2n) is 6.79. The van der Waals surface area contributed by atoms with Crippen molar-refractivity contribution < 1.29 is 4.74 Å². The van der Waals surface area contributed by atoms with Crippen molar-refractivity contribution in [3.63, 3.8) is 0 Å². The van der Waals surface area contributed by atoms with E-state index in [2.05, 4.69) is 33.1 Å². The van der Waals surface area contributed by atoms with Gasteiger partial charge in [0, 0.05) is 41.3 Å². The van der Waals surface area contributed by atoms with Gasteiger partial charge < -0.3 is 14.6 Å². The lowest BCUT2D eigenvalue weighted by Gasteiger charge is -2.12. The summed E-state index contributed by atoms with van der Waals surface area (Å²) in [5, 5.41) is 5.56. The van der Waals surface area contributed by atoms with E-state index in [9.17, 15) is 0 Å². The Labute approximate surface area is 167 Å². The highest BCUT2D eigenvalue weighted by Crippen LogP contribution is 2.31.